The van der Waals surface area contributed by atoms with Crippen LogP contribution in [-0.2, 0) is 12.8 Å². The summed E-state index contributed by atoms with van der Waals surface area (Å²) in [5.74, 6) is 0. The minimum atomic E-state index is 0.276. The molecule has 0 fully saturated rings. The highest BCUT2D eigenvalue weighted by Crippen LogP contribution is 2.20. The van der Waals surface area contributed by atoms with Gasteiger partial charge >= 0.3 is 0 Å². The molecule has 2 heteroatoms. The molecule has 0 bridgehead atoms. The molecule has 1 heterocycles. The topological polar surface area (TPSA) is 24.9 Å². The van der Waals surface area contributed by atoms with Gasteiger partial charge < -0.3 is 5.32 Å². The lowest BCUT2D eigenvalue weighted by atomic mass is 9.97. The second-order valence-electron chi connectivity index (χ2n) is 4.94. The van der Waals surface area contributed by atoms with E-state index in [1.165, 1.54) is 22.4 Å². The molecule has 1 atom stereocenters. The Labute approximate surface area is 115 Å². The first kappa shape index (κ1) is 13.8. The minimum absolute atomic E-state index is 0.276. The molecule has 2 nitrogen and oxygen atoms in total. The molecule has 0 radical (unpaired) electrons. The first-order chi connectivity index (χ1) is 9.24. The van der Waals surface area contributed by atoms with E-state index in [0.29, 0.717) is 0 Å². The highest BCUT2D eigenvalue weighted by molar-refractivity contribution is 5.27. The molecular formula is C17H22N2. The molecule has 0 aliphatic carbocycles. The van der Waals surface area contributed by atoms with E-state index >= 15 is 0 Å². The van der Waals surface area contributed by atoms with E-state index in [0.717, 1.165) is 12.8 Å². The Morgan fingerprint density at radius 2 is 2.05 bits per heavy atom. The van der Waals surface area contributed by atoms with E-state index in [1.54, 1.807) is 0 Å². The second-order valence-corrected chi connectivity index (χ2v) is 4.94. The lowest BCUT2D eigenvalue weighted by Gasteiger charge is -2.18. The van der Waals surface area contributed by atoms with Gasteiger partial charge in [0.1, 0.15) is 0 Å². The number of pyridine rings is 1. The van der Waals surface area contributed by atoms with Crippen LogP contribution in [0.5, 0.6) is 0 Å². The fourth-order valence-electron chi connectivity index (χ4n) is 2.47. The van der Waals surface area contributed by atoms with Gasteiger partial charge in [-0.15, -0.1) is 0 Å². The van der Waals surface area contributed by atoms with Crippen LogP contribution in [0.15, 0.2) is 42.6 Å². The summed E-state index contributed by atoms with van der Waals surface area (Å²) < 4.78 is 0. The summed E-state index contributed by atoms with van der Waals surface area (Å²) in [6, 6.07) is 13.2. The molecule has 0 saturated heterocycles. The lowest BCUT2D eigenvalue weighted by molar-refractivity contribution is 0.570. The number of rotatable bonds is 5. The third kappa shape index (κ3) is 3.42. The lowest BCUT2D eigenvalue weighted by Crippen LogP contribution is -2.21. The average Bonchev–Trinajstić information content (AvgIpc) is 2.45. The van der Waals surface area contributed by atoms with E-state index in [-0.39, 0.29) is 6.04 Å². The molecule has 100 valence electrons. The summed E-state index contributed by atoms with van der Waals surface area (Å²) in [6.45, 7) is 4.32. The van der Waals surface area contributed by atoms with Crippen molar-refractivity contribution < 1.29 is 0 Å². The molecule has 0 aliphatic heterocycles. The number of nitrogens with one attached hydrogen (secondary N) is 1. The Hall–Kier alpha value is -1.67. The van der Waals surface area contributed by atoms with Crippen LogP contribution >= 0.6 is 0 Å². The van der Waals surface area contributed by atoms with Crippen LogP contribution in [0.1, 0.15) is 35.3 Å². The molecule has 2 rings (SSSR count). The van der Waals surface area contributed by atoms with Crippen molar-refractivity contribution in [3.05, 3.63) is 65.0 Å². The molecule has 0 aliphatic rings. The van der Waals surface area contributed by atoms with Gasteiger partial charge in [-0.2, -0.15) is 0 Å². The van der Waals surface area contributed by atoms with Gasteiger partial charge in [0.2, 0.25) is 0 Å². The first-order valence-corrected chi connectivity index (χ1v) is 6.91. The molecule has 1 N–H and O–H groups in total. The molecule has 0 spiro atoms. The minimum Gasteiger partial charge on any atom is -0.311 e. The monoisotopic (exact) mass is 254 g/mol. The first-order valence-electron chi connectivity index (χ1n) is 6.91. The van der Waals surface area contributed by atoms with Crippen molar-refractivity contribution in [2.75, 3.05) is 7.05 Å². The Morgan fingerprint density at radius 3 is 2.74 bits per heavy atom. The normalized spacial score (nSPS) is 12.4. The molecular weight excluding hydrogens is 232 g/mol. The zero-order chi connectivity index (χ0) is 13.7. The third-order valence-corrected chi connectivity index (χ3v) is 3.51. The standard InChI is InChI=1S/C17H22N2/c1-4-15-9-6-10-19-17(15)16(18-3)12-14-8-5-7-13(2)11-14/h5-11,16,18H,4,12H2,1-3H3. The van der Waals surface area contributed by atoms with Gasteiger partial charge in [-0.25, -0.2) is 0 Å². The van der Waals surface area contributed by atoms with Crippen molar-refractivity contribution in [1.29, 1.82) is 0 Å². The maximum absolute atomic E-state index is 4.58. The molecule has 1 aromatic heterocycles. The Bertz CT molecular complexity index is 534. The molecule has 0 saturated carbocycles. The van der Waals surface area contributed by atoms with Gasteiger partial charge in [-0.1, -0.05) is 42.8 Å². The van der Waals surface area contributed by atoms with E-state index < -0.39 is 0 Å². The van der Waals surface area contributed by atoms with Crippen LogP contribution in [-0.4, -0.2) is 12.0 Å². The van der Waals surface area contributed by atoms with E-state index in [1.807, 2.05) is 19.3 Å². The van der Waals surface area contributed by atoms with Crippen LogP contribution < -0.4 is 5.32 Å². The summed E-state index contributed by atoms with van der Waals surface area (Å²) in [4.78, 5) is 4.58. The van der Waals surface area contributed by atoms with Crippen molar-refractivity contribution in [2.24, 2.45) is 0 Å². The average molecular weight is 254 g/mol. The zero-order valence-corrected chi connectivity index (χ0v) is 12.0. The number of benzene rings is 1. The third-order valence-electron chi connectivity index (χ3n) is 3.51. The summed E-state index contributed by atoms with van der Waals surface area (Å²) in [5.41, 5.74) is 5.17. The van der Waals surface area contributed by atoms with Crippen molar-refractivity contribution in [3.63, 3.8) is 0 Å². The number of aromatic nitrogens is 1. The van der Waals surface area contributed by atoms with Crippen molar-refractivity contribution >= 4 is 0 Å². The molecule has 19 heavy (non-hydrogen) atoms. The smallest absolute Gasteiger partial charge is 0.0608 e. The number of hydrogen-bond acceptors (Lipinski definition) is 2. The molecule has 1 unspecified atom stereocenters. The highest BCUT2D eigenvalue weighted by Gasteiger charge is 2.14. The van der Waals surface area contributed by atoms with Gasteiger partial charge in [0.25, 0.3) is 0 Å². The summed E-state index contributed by atoms with van der Waals surface area (Å²) >= 11 is 0. The Balaban J connectivity index is 2.25. The van der Waals surface area contributed by atoms with Crippen molar-refractivity contribution in [2.45, 2.75) is 32.7 Å². The van der Waals surface area contributed by atoms with E-state index in [2.05, 4.69) is 54.5 Å². The number of likely N-dealkylation sites (N-methyl/N-ethyl adjacent to an activating group) is 1. The predicted molar refractivity (Wildman–Crippen MR) is 80.3 cm³/mol. The van der Waals surface area contributed by atoms with Crippen molar-refractivity contribution in [3.8, 4) is 0 Å². The summed E-state index contributed by atoms with van der Waals surface area (Å²) in [7, 11) is 2.01. The number of aryl methyl sites for hydroxylation is 2. The van der Waals surface area contributed by atoms with E-state index in [4.69, 9.17) is 0 Å². The fraction of sp³-hybridized carbons (Fsp3) is 0.353. The summed E-state index contributed by atoms with van der Waals surface area (Å²) in [6.07, 6.45) is 3.88. The summed E-state index contributed by atoms with van der Waals surface area (Å²) in [5, 5.41) is 3.40. The second kappa shape index (κ2) is 6.48. The van der Waals surface area contributed by atoms with E-state index in [9.17, 15) is 0 Å². The van der Waals surface area contributed by atoms with Crippen LogP contribution in [0.4, 0.5) is 0 Å². The number of nitrogens with zero attached hydrogens (tertiary/aromatic N) is 1. The quantitative estimate of drug-likeness (QED) is 0.884. The molecule has 1 aromatic carbocycles. The SMILES string of the molecule is CCc1cccnc1C(Cc1cccc(C)c1)NC. The van der Waals surface area contributed by atoms with Crippen LogP contribution in [0.25, 0.3) is 0 Å². The van der Waals surface area contributed by atoms with Gasteiger partial charge in [-0.3, -0.25) is 4.98 Å². The van der Waals surface area contributed by atoms with Crippen LogP contribution in [0.3, 0.4) is 0 Å². The van der Waals surface area contributed by atoms with Crippen LogP contribution in [0.2, 0.25) is 0 Å². The maximum atomic E-state index is 4.58. The predicted octanol–water partition coefficient (Wildman–Crippen LogP) is 3.46. The largest absolute Gasteiger partial charge is 0.311 e. The Kier molecular flexibility index (Phi) is 4.69. The number of hydrogen-bond donors (Lipinski definition) is 1. The molecule has 0 amide bonds. The fourth-order valence-corrected chi connectivity index (χ4v) is 2.47. The Morgan fingerprint density at radius 1 is 1.21 bits per heavy atom. The van der Waals surface area contributed by atoms with Crippen LogP contribution in [0, 0.1) is 6.92 Å². The maximum Gasteiger partial charge on any atom is 0.0608 e. The highest BCUT2D eigenvalue weighted by atomic mass is 14.9. The van der Waals surface area contributed by atoms with Gasteiger partial charge in [0.15, 0.2) is 0 Å². The van der Waals surface area contributed by atoms with Crippen molar-refractivity contribution in [1.82, 2.24) is 10.3 Å². The molecule has 2 aromatic rings. The van der Waals surface area contributed by atoms with Gasteiger partial charge in [0, 0.05) is 6.20 Å². The van der Waals surface area contributed by atoms with Gasteiger partial charge in [0.05, 0.1) is 11.7 Å². The zero-order valence-electron chi connectivity index (χ0n) is 12.0. The van der Waals surface area contributed by atoms with Gasteiger partial charge in [-0.05, 0) is 44.0 Å².